The number of hydrogen-bond acceptors (Lipinski definition) is 4. The quantitative estimate of drug-likeness (QED) is 0.555. The maximum atomic E-state index is 11.8. The summed E-state index contributed by atoms with van der Waals surface area (Å²) in [4.78, 5) is 15.9. The van der Waals surface area contributed by atoms with Crippen molar-refractivity contribution in [3.63, 3.8) is 0 Å². The Hall–Kier alpha value is -1.56. The second-order valence-corrected chi connectivity index (χ2v) is 5.73. The number of hydrogen-bond donors (Lipinski definition) is 0. The summed E-state index contributed by atoms with van der Waals surface area (Å²) in [7, 11) is 0. The SMILES string of the molecule is O=C1OC(c2ccc(Br)o2)=NC1=Cc1ccc(Cl)cc1Cl. The van der Waals surface area contributed by atoms with Gasteiger partial charge in [0.2, 0.25) is 0 Å². The molecule has 1 aliphatic heterocycles. The van der Waals surface area contributed by atoms with Gasteiger partial charge < -0.3 is 9.15 Å². The minimum Gasteiger partial charge on any atom is -0.444 e. The van der Waals surface area contributed by atoms with E-state index in [1.165, 1.54) is 6.08 Å². The van der Waals surface area contributed by atoms with Gasteiger partial charge in [0.15, 0.2) is 16.1 Å². The summed E-state index contributed by atoms with van der Waals surface area (Å²) in [6.45, 7) is 0. The van der Waals surface area contributed by atoms with E-state index in [0.29, 0.717) is 26.0 Å². The first-order valence-corrected chi connectivity index (χ1v) is 7.31. The maximum absolute atomic E-state index is 11.8. The highest BCUT2D eigenvalue weighted by Crippen LogP contribution is 2.26. The molecular weight excluding hydrogens is 381 g/mol. The number of rotatable bonds is 2. The molecule has 0 saturated carbocycles. The van der Waals surface area contributed by atoms with Crippen molar-refractivity contribution >= 4 is 57.1 Å². The normalized spacial score (nSPS) is 16.2. The molecule has 0 bridgehead atoms. The summed E-state index contributed by atoms with van der Waals surface area (Å²) >= 11 is 15.1. The van der Waals surface area contributed by atoms with Gasteiger partial charge in [-0.1, -0.05) is 29.3 Å². The number of nitrogens with zero attached hydrogens (tertiary/aromatic N) is 1. The first-order chi connectivity index (χ1) is 10.0. The predicted molar refractivity (Wildman–Crippen MR) is 83.5 cm³/mol. The molecule has 0 amide bonds. The summed E-state index contributed by atoms with van der Waals surface area (Å²) in [5.41, 5.74) is 0.764. The van der Waals surface area contributed by atoms with Crippen molar-refractivity contribution in [2.45, 2.75) is 0 Å². The molecule has 21 heavy (non-hydrogen) atoms. The van der Waals surface area contributed by atoms with E-state index in [4.69, 9.17) is 32.4 Å². The van der Waals surface area contributed by atoms with Crippen LogP contribution in [0.15, 0.2) is 50.1 Å². The van der Waals surface area contributed by atoms with Crippen molar-refractivity contribution in [3.8, 4) is 0 Å². The summed E-state index contributed by atoms with van der Waals surface area (Å²) in [6, 6.07) is 8.29. The van der Waals surface area contributed by atoms with Crippen LogP contribution in [0.25, 0.3) is 6.08 Å². The Morgan fingerprint density at radius 2 is 2.00 bits per heavy atom. The van der Waals surface area contributed by atoms with Crippen LogP contribution < -0.4 is 0 Å². The highest BCUT2D eigenvalue weighted by atomic mass is 79.9. The van der Waals surface area contributed by atoms with Crippen molar-refractivity contribution in [3.05, 3.63) is 62.1 Å². The fourth-order valence-electron chi connectivity index (χ4n) is 1.71. The molecule has 3 rings (SSSR count). The Bertz CT molecular complexity index is 795. The van der Waals surface area contributed by atoms with Gasteiger partial charge in [0, 0.05) is 10.0 Å². The number of aliphatic imine (C=N–C) groups is 1. The van der Waals surface area contributed by atoms with Crippen molar-refractivity contribution in [2.75, 3.05) is 0 Å². The van der Waals surface area contributed by atoms with Crippen LogP contribution in [0.3, 0.4) is 0 Å². The van der Waals surface area contributed by atoms with Crippen LogP contribution in [-0.2, 0) is 9.53 Å². The van der Waals surface area contributed by atoms with Gasteiger partial charge in [-0.05, 0) is 51.8 Å². The number of ether oxygens (including phenoxy) is 1. The zero-order chi connectivity index (χ0) is 15.0. The van der Waals surface area contributed by atoms with Gasteiger partial charge in [-0.15, -0.1) is 0 Å². The Kier molecular flexibility index (Phi) is 3.89. The summed E-state index contributed by atoms with van der Waals surface area (Å²) in [5, 5.41) is 0.938. The topological polar surface area (TPSA) is 51.8 Å². The zero-order valence-electron chi connectivity index (χ0n) is 10.3. The van der Waals surface area contributed by atoms with E-state index < -0.39 is 5.97 Å². The molecule has 0 saturated heterocycles. The van der Waals surface area contributed by atoms with Crippen LogP contribution in [0.4, 0.5) is 0 Å². The van der Waals surface area contributed by atoms with Crippen molar-refractivity contribution < 1.29 is 13.9 Å². The highest BCUT2D eigenvalue weighted by Gasteiger charge is 2.26. The van der Waals surface area contributed by atoms with E-state index in [1.54, 1.807) is 30.3 Å². The van der Waals surface area contributed by atoms with Crippen LogP contribution in [-0.4, -0.2) is 11.9 Å². The number of cyclic esters (lactones) is 1. The smallest absolute Gasteiger partial charge is 0.363 e. The average molecular weight is 387 g/mol. The Morgan fingerprint density at radius 3 is 2.67 bits per heavy atom. The average Bonchev–Trinajstić information content (AvgIpc) is 3.00. The van der Waals surface area contributed by atoms with E-state index in [1.807, 2.05) is 0 Å². The van der Waals surface area contributed by atoms with Crippen molar-refractivity contribution in [2.24, 2.45) is 4.99 Å². The highest BCUT2D eigenvalue weighted by molar-refractivity contribution is 9.10. The number of carbonyl (C=O) groups is 1. The van der Waals surface area contributed by atoms with E-state index >= 15 is 0 Å². The molecule has 7 heteroatoms. The first-order valence-electron chi connectivity index (χ1n) is 5.76. The second-order valence-electron chi connectivity index (χ2n) is 4.11. The summed E-state index contributed by atoms with van der Waals surface area (Å²) < 4.78 is 10.9. The Morgan fingerprint density at radius 1 is 1.19 bits per heavy atom. The Balaban J connectivity index is 1.96. The lowest BCUT2D eigenvalue weighted by molar-refractivity contribution is -0.130. The van der Waals surface area contributed by atoms with Gasteiger partial charge in [0.25, 0.3) is 5.90 Å². The molecular formula is C14H6BrCl2NO3. The molecule has 0 aliphatic carbocycles. The molecule has 0 atom stereocenters. The molecule has 0 fully saturated rings. The van der Waals surface area contributed by atoms with E-state index in [2.05, 4.69) is 20.9 Å². The molecule has 1 aliphatic rings. The second kappa shape index (κ2) is 5.67. The fourth-order valence-corrected chi connectivity index (χ4v) is 2.48. The van der Waals surface area contributed by atoms with Gasteiger partial charge in [-0.3, -0.25) is 0 Å². The molecule has 2 heterocycles. The van der Waals surface area contributed by atoms with Crippen molar-refractivity contribution in [1.82, 2.24) is 0 Å². The molecule has 0 radical (unpaired) electrons. The molecule has 106 valence electrons. The van der Waals surface area contributed by atoms with E-state index in [0.717, 1.165) is 0 Å². The monoisotopic (exact) mass is 385 g/mol. The third kappa shape index (κ3) is 3.05. The van der Waals surface area contributed by atoms with Gasteiger partial charge >= 0.3 is 5.97 Å². The van der Waals surface area contributed by atoms with E-state index in [-0.39, 0.29) is 11.6 Å². The van der Waals surface area contributed by atoms with Gasteiger partial charge in [-0.25, -0.2) is 9.79 Å². The third-order valence-corrected chi connectivity index (χ3v) is 3.65. The van der Waals surface area contributed by atoms with Crippen LogP contribution in [0.2, 0.25) is 10.0 Å². The third-order valence-electron chi connectivity index (χ3n) is 2.66. The standard InChI is InChI=1S/C14H6BrCl2NO3/c15-12-4-3-11(20-12)13-18-10(14(19)21-13)5-7-1-2-8(16)6-9(7)17/h1-6H. The fraction of sp³-hybridized carbons (Fsp3) is 0. The van der Waals surface area contributed by atoms with Gasteiger partial charge in [0.05, 0.1) is 0 Å². The Labute approximate surface area is 138 Å². The van der Waals surface area contributed by atoms with E-state index in [9.17, 15) is 4.79 Å². The van der Waals surface area contributed by atoms with Crippen LogP contribution in [0.5, 0.6) is 0 Å². The van der Waals surface area contributed by atoms with Crippen LogP contribution >= 0.6 is 39.1 Å². The maximum Gasteiger partial charge on any atom is 0.363 e. The minimum atomic E-state index is -0.566. The summed E-state index contributed by atoms with van der Waals surface area (Å²) in [5.74, 6) is -0.0913. The number of carbonyl (C=O) groups excluding carboxylic acids is 1. The van der Waals surface area contributed by atoms with Gasteiger partial charge in [-0.2, -0.15) is 0 Å². The van der Waals surface area contributed by atoms with Gasteiger partial charge in [0.1, 0.15) is 0 Å². The molecule has 2 aromatic rings. The first kappa shape index (κ1) is 14.4. The van der Waals surface area contributed by atoms with Crippen molar-refractivity contribution in [1.29, 1.82) is 0 Å². The number of halogens is 3. The largest absolute Gasteiger partial charge is 0.444 e. The molecule has 1 aromatic carbocycles. The molecule has 1 aromatic heterocycles. The van der Waals surface area contributed by atoms with Crippen LogP contribution in [0.1, 0.15) is 11.3 Å². The lowest BCUT2D eigenvalue weighted by Gasteiger charge is -1.98. The molecule has 4 nitrogen and oxygen atoms in total. The lowest BCUT2D eigenvalue weighted by atomic mass is 10.2. The predicted octanol–water partition coefficient (Wildman–Crippen LogP) is 4.69. The minimum absolute atomic E-state index is 0.113. The molecule has 0 N–H and O–H groups in total. The summed E-state index contributed by atoms with van der Waals surface area (Å²) in [6.07, 6.45) is 1.53. The molecule has 0 unspecified atom stereocenters. The lowest BCUT2D eigenvalue weighted by Crippen LogP contribution is -2.04. The number of esters is 1. The van der Waals surface area contributed by atoms with Crippen LogP contribution in [0, 0.1) is 0 Å². The number of furan rings is 1. The number of benzene rings is 1. The zero-order valence-corrected chi connectivity index (χ0v) is 13.4. The molecule has 0 spiro atoms.